The smallest absolute Gasteiger partial charge is 0.219 e. The molecule has 0 unspecified atom stereocenters. The summed E-state index contributed by atoms with van der Waals surface area (Å²) in [6, 6.07) is 24.9. The van der Waals surface area contributed by atoms with Gasteiger partial charge in [-0.3, -0.25) is 0 Å². The summed E-state index contributed by atoms with van der Waals surface area (Å²) in [6.07, 6.45) is 7.05. The first-order chi connectivity index (χ1) is 15.8. The number of furan rings is 1. The van der Waals surface area contributed by atoms with Gasteiger partial charge in [0.25, 0.3) is 0 Å². The number of para-hydroxylation sites is 1. The van der Waals surface area contributed by atoms with E-state index in [1.807, 2.05) is 89.6 Å². The number of imidazole rings is 1. The Balaban J connectivity index is 1.42. The highest BCUT2D eigenvalue weighted by atomic mass is 16.5. The zero-order valence-corrected chi connectivity index (χ0v) is 16.9. The van der Waals surface area contributed by atoms with Gasteiger partial charge in [-0.2, -0.15) is 0 Å². The molecule has 3 heterocycles. The summed E-state index contributed by atoms with van der Waals surface area (Å²) in [5, 5.41) is 2.00. The SMILES string of the molecule is c1ccc(Oc2cccc(Oc3cc(-n4ccnc4)c4oc5ccccc5c4c3)c2)nc1. The van der Waals surface area contributed by atoms with Crippen molar-refractivity contribution in [3.63, 3.8) is 0 Å². The van der Waals surface area contributed by atoms with Gasteiger partial charge in [-0.05, 0) is 30.3 Å². The van der Waals surface area contributed by atoms with Crippen LogP contribution in [0.5, 0.6) is 23.1 Å². The molecule has 0 N–H and O–H groups in total. The highest BCUT2D eigenvalue weighted by Crippen LogP contribution is 2.37. The standard InChI is InChI=1S/C26H17N3O3/c1-2-9-24-21(8-1)22-15-20(16-23(26(22)32-24)29-13-12-27-17-29)30-18-6-5-7-19(14-18)31-25-10-3-4-11-28-25/h1-17H. The molecule has 3 aromatic heterocycles. The van der Waals surface area contributed by atoms with Gasteiger partial charge in [0, 0.05) is 47.6 Å². The predicted molar refractivity (Wildman–Crippen MR) is 122 cm³/mol. The minimum absolute atomic E-state index is 0.526. The Kier molecular flexibility index (Phi) is 4.32. The van der Waals surface area contributed by atoms with Crippen molar-refractivity contribution >= 4 is 21.9 Å². The van der Waals surface area contributed by atoms with E-state index in [2.05, 4.69) is 9.97 Å². The Morgan fingerprint density at radius 2 is 1.59 bits per heavy atom. The molecule has 0 saturated heterocycles. The summed E-state index contributed by atoms with van der Waals surface area (Å²) in [5.41, 5.74) is 2.46. The number of pyridine rings is 1. The fraction of sp³-hybridized carbons (Fsp3) is 0. The summed E-state index contributed by atoms with van der Waals surface area (Å²) < 4.78 is 20.2. The van der Waals surface area contributed by atoms with E-state index in [9.17, 15) is 0 Å². The van der Waals surface area contributed by atoms with Crippen molar-refractivity contribution in [1.82, 2.24) is 14.5 Å². The normalized spacial score (nSPS) is 11.1. The zero-order chi connectivity index (χ0) is 21.3. The number of hydrogen-bond donors (Lipinski definition) is 0. The fourth-order valence-corrected chi connectivity index (χ4v) is 3.70. The van der Waals surface area contributed by atoms with Crippen molar-refractivity contribution in [2.45, 2.75) is 0 Å². The van der Waals surface area contributed by atoms with Crippen molar-refractivity contribution in [3.8, 4) is 28.8 Å². The Morgan fingerprint density at radius 3 is 2.44 bits per heavy atom. The molecule has 3 aromatic carbocycles. The van der Waals surface area contributed by atoms with Gasteiger partial charge in [0.05, 0.1) is 12.0 Å². The number of aromatic nitrogens is 3. The first-order valence-electron chi connectivity index (χ1n) is 10.1. The van der Waals surface area contributed by atoms with Gasteiger partial charge in [0.15, 0.2) is 5.58 Å². The summed E-state index contributed by atoms with van der Waals surface area (Å²) in [6.45, 7) is 0. The van der Waals surface area contributed by atoms with E-state index in [0.717, 1.165) is 27.6 Å². The molecule has 0 aliphatic heterocycles. The van der Waals surface area contributed by atoms with Crippen molar-refractivity contribution in [3.05, 3.63) is 104 Å². The molecule has 6 heteroatoms. The summed E-state index contributed by atoms with van der Waals surface area (Å²) in [7, 11) is 0. The van der Waals surface area contributed by atoms with Gasteiger partial charge >= 0.3 is 0 Å². The van der Waals surface area contributed by atoms with Gasteiger partial charge in [0.1, 0.15) is 22.8 Å². The summed E-state index contributed by atoms with van der Waals surface area (Å²) in [5.74, 6) is 2.51. The molecule has 6 rings (SSSR count). The molecule has 0 atom stereocenters. The van der Waals surface area contributed by atoms with Gasteiger partial charge in [-0.25, -0.2) is 9.97 Å². The second kappa shape index (κ2) is 7.59. The van der Waals surface area contributed by atoms with Crippen LogP contribution >= 0.6 is 0 Å². The third-order valence-electron chi connectivity index (χ3n) is 5.12. The maximum absolute atomic E-state index is 6.25. The first kappa shape index (κ1) is 18.2. The minimum atomic E-state index is 0.526. The zero-order valence-electron chi connectivity index (χ0n) is 16.9. The molecule has 0 fully saturated rings. The van der Waals surface area contributed by atoms with Crippen LogP contribution in [0.15, 0.2) is 108 Å². The number of nitrogens with zero attached hydrogens (tertiary/aromatic N) is 3. The number of ether oxygens (including phenoxy) is 2. The molecule has 6 nitrogen and oxygen atoms in total. The van der Waals surface area contributed by atoms with Crippen molar-refractivity contribution in [2.24, 2.45) is 0 Å². The molecule has 32 heavy (non-hydrogen) atoms. The third-order valence-corrected chi connectivity index (χ3v) is 5.12. The van der Waals surface area contributed by atoms with Gasteiger partial charge in [0.2, 0.25) is 5.88 Å². The topological polar surface area (TPSA) is 62.3 Å². The number of benzene rings is 3. The third kappa shape index (κ3) is 3.33. The van der Waals surface area contributed by atoms with E-state index >= 15 is 0 Å². The molecule has 154 valence electrons. The molecular weight excluding hydrogens is 402 g/mol. The van der Waals surface area contributed by atoms with Gasteiger partial charge in [-0.15, -0.1) is 0 Å². The van der Waals surface area contributed by atoms with Crippen LogP contribution in [0.25, 0.3) is 27.6 Å². The van der Waals surface area contributed by atoms with Crippen LogP contribution in [0.1, 0.15) is 0 Å². The molecule has 0 aliphatic carbocycles. The van der Waals surface area contributed by atoms with Crippen LogP contribution in [0, 0.1) is 0 Å². The number of rotatable bonds is 5. The molecule has 0 amide bonds. The van der Waals surface area contributed by atoms with Crippen LogP contribution in [0.3, 0.4) is 0 Å². The quantitative estimate of drug-likeness (QED) is 0.309. The van der Waals surface area contributed by atoms with E-state index in [1.54, 1.807) is 18.7 Å². The number of fused-ring (bicyclic) bond motifs is 3. The van der Waals surface area contributed by atoms with E-state index in [4.69, 9.17) is 13.9 Å². The van der Waals surface area contributed by atoms with E-state index in [-0.39, 0.29) is 0 Å². The molecule has 0 saturated carbocycles. The molecule has 0 aliphatic rings. The second-order valence-electron chi connectivity index (χ2n) is 7.23. The predicted octanol–water partition coefficient (Wildman–Crippen LogP) is 6.75. The molecule has 0 bridgehead atoms. The van der Waals surface area contributed by atoms with Gasteiger partial charge in [-0.1, -0.05) is 30.3 Å². The lowest BCUT2D eigenvalue weighted by atomic mass is 10.1. The van der Waals surface area contributed by atoms with Crippen LogP contribution in [-0.4, -0.2) is 14.5 Å². The molecule has 6 aromatic rings. The lowest BCUT2D eigenvalue weighted by Crippen LogP contribution is -1.93. The maximum Gasteiger partial charge on any atom is 0.219 e. The van der Waals surface area contributed by atoms with Crippen molar-refractivity contribution < 1.29 is 13.9 Å². The van der Waals surface area contributed by atoms with Crippen molar-refractivity contribution in [2.75, 3.05) is 0 Å². The van der Waals surface area contributed by atoms with E-state index in [0.29, 0.717) is 23.1 Å². The highest BCUT2D eigenvalue weighted by Gasteiger charge is 2.15. The second-order valence-corrected chi connectivity index (χ2v) is 7.23. The van der Waals surface area contributed by atoms with Crippen LogP contribution in [0.4, 0.5) is 0 Å². The lowest BCUT2D eigenvalue weighted by molar-refractivity contribution is 0.449. The minimum Gasteiger partial charge on any atom is -0.457 e. The number of hydrogen-bond acceptors (Lipinski definition) is 5. The summed E-state index contributed by atoms with van der Waals surface area (Å²) in [4.78, 5) is 8.39. The van der Waals surface area contributed by atoms with Gasteiger partial charge < -0.3 is 18.5 Å². The molecular formula is C26H17N3O3. The molecule has 0 spiro atoms. The average molecular weight is 419 g/mol. The first-order valence-corrected chi connectivity index (χ1v) is 10.1. The van der Waals surface area contributed by atoms with Crippen LogP contribution in [0.2, 0.25) is 0 Å². The molecule has 0 radical (unpaired) electrons. The Hall–Kier alpha value is -4.58. The summed E-state index contributed by atoms with van der Waals surface area (Å²) >= 11 is 0. The lowest BCUT2D eigenvalue weighted by Gasteiger charge is -2.11. The highest BCUT2D eigenvalue weighted by molar-refractivity contribution is 6.08. The Morgan fingerprint density at radius 1 is 0.719 bits per heavy atom. The van der Waals surface area contributed by atoms with Crippen LogP contribution in [-0.2, 0) is 0 Å². The van der Waals surface area contributed by atoms with E-state index < -0.39 is 0 Å². The van der Waals surface area contributed by atoms with Crippen molar-refractivity contribution in [1.29, 1.82) is 0 Å². The fourth-order valence-electron chi connectivity index (χ4n) is 3.70. The Bertz CT molecular complexity index is 1520. The maximum atomic E-state index is 6.25. The average Bonchev–Trinajstić information content (AvgIpc) is 3.48. The monoisotopic (exact) mass is 419 g/mol. The van der Waals surface area contributed by atoms with E-state index in [1.165, 1.54) is 0 Å². The largest absolute Gasteiger partial charge is 0.457 e. The Labute approximate surface area is 183 Å². The van der Waals surface area contributed by atoms with Crippen LogP contribution < -0.4 is 9.47 Å².